The van der Waals surface area contributed by atoms with Crippen molar-refractivity contribution in [2.24, 2.45) is 0 Å². The smallest absolute Gasteiger partial charge is 0.325 e. The van der Waals surface area contributed by atoms with Crippen molar-refractivity contribution in [2.75, 3.05) is 13.2 Å². The number of carbonyl (C=O) groups excluding carboxylic acids is 3. The van der Waals surface area contributed by atoms with Gasteiger partial charge in [0.15, 0.2) is 6.61 Å². The second-order valence-electron chi connectivity index (χ2n) is 6.44. The Bertz CT molecular complexity index is 603. The van der Waals surface area contributed by atoms with Crippen molar-refractivity contribution in [1.29, 1.82) is 0 Å². The molecule has 6 nitrogen and oxygen atoms in total. The Morgan fingerprint density at radius 2 is 1.74 bits per heavy atom. The molecule has 0 aliphatic rings. The Hall–Kier alpha value is -2.37. The van der Waals surface area contributed by atoms with Gasteiger partial charge in [0.25, 0.3) is 11.8 Å². The van der Waals surface area contributed by atoms with Crippen LogP contribution in [0.3, 0.4) is 0 Å². The Balaban J connectivity index is 2.39. The van der Waals surface area contributed by atoms with Gasteiger partial charge < -0.3 is 15.4 Å². The lowest BCUT2D eigenvalue weighted by atomic mass is 10.1. The summed E-state index contributed by atoms with van der Waals surface area (Å²) in [7, 11) is 0. The van der Waals surface area contributed by atoms with Gasteiger partial charge in [-0.25, -0.2) is 0 Å². The van der Waals surface area contributed by atoms with E-state index >= 15 is 0 Å². The van der Waals surface area contributed by atoms with Crippen LogP contribution in [-0.4, -0.2) is 36.5 Å². The highest BCUT2D eigenvalue weighted by Crippen LogP contribution is 2.09. The van der Waals surface area contributed by atoms with E-state index in [1.807, 2.05) is 40.7 Å². The highest BCUT2D eigenvalue weighted by atomic mass is 16.5. The van der Waals surface area contributed by atoms with Crippen molar-refractivity contribution < 1.29 is 19.1 Å². The number of hydrogen-bond donors (Lipinski definition) is 2. The molecule has 1 rings (SSSR count). The third-order valence-corrected chi connectivity index (χ3v) is 3.04. The highest BCUT2D eigenvalue weighted by Gasteiger charge is 2.15. The molecule has 1 aromatic rings. The van der Waals surface area contributed by atoms with Gasteiger partial charge in [-0.3, -0.25) is 14.4 Å². The monoisotopic (exact) mass is 320 g/mol. The zero-order valence-corrected chi connectivity index (χ0v) is 14.3. The number of esters is 1. The summed E-state index contributed by atoms with van der Waals surface area (Å²) < 4.78 is 4.81. The van der Waals surface area contributed by atoms with Gasteiger partial charge in [0.05, 0.1) is 0 Å². The third-order valence-electron chi connectivity index (χ3n) is 3.04. The first-order valence-electron chi connectivity index (χ1n) is 7.40. The quantitative estimate of drug-likeness (QED) is 0.805. The first kappa shape index (κ1) is 18.7. The van der Waals surface area contributed by atoms with Crippen molar-refractivity contribution in [2.45, 2.75) is 40.2 Å². The minimum Gasteiger partial charge on any atom is -0.454 e. The molecule has 0 aliphatic heterocycles. The van der Waals surface area contributed by atoms with E-state index in [-0.39, 0.29) is 30.5 Å². The molecule has 0 radical (unpaired) electrons. The molecule has 126 valence electrons. The minimum atomic E-state index is -0.661. The Morgan fingerprint density at radius 1 is 1.09 bits per heavy atom. The highest BCUT2D eigenvalue weighted by molar-refractivity contribution is 5.96. The van der Waals surface area contributed by atoms with Crippen molar-refractivity contribution in [3.63, 3.8) is 0 Å². The zero-order chi connectivity index (χ0) is 17.6. The molecule has 0 aliphatic carbocycles. The second kappa shape index (κ2) is 7.76. The SMILES string of the molecule is Cc1ccc(C(=O)NCC(=O)OCC(=O)NC(C)(C)C)cc1C. The average molecular weight is 320 g/mol. The van der Waals surface area contributed by atoms with Gasteiger partial charge in [-0.1, -0.05) is 6.07 Å². The maximum atomic E-state index is 11.9. The molecule has 0 unspecified atom stereocenters. The van der Waals surface area contributed by atoms with Crippen molar-refractivity contribution in [3.05, 3.63) is 34.9 Å². The van der Waals surface area contributed by atoms with Gasteiger partial charge in [0, 0.05) is 11.1 Å². The van der Waals surface area contributed by atoms with Crippen LogP contribution < -0.4 is 10.6 Å². The first-order chi connectivity index (χ1) is 10.6. The molecule has 0 spiro atoms. The molecule has 0 aromatic heterocycles. The summed E-state index contributed by atoms with van der Waals surface area (Å²) >= 11 is 0. The number of aryl methyl sites for hydroxylation is 2. The van der Waals surface area contributed by atoms with E-state index in [4.69, 9.17) is 4.74 Å². The molecular weight excluding hydrogens is 296 g/mol. The normalized spacial score (nSPS) is 10.8. The van der Waals surface area contributed by atoms with Gasteiger partial charge in [-0.15, -0.1) is 0 Å². The van der Waals surface area contributed by atoms with E-state index < -0.39 is 5.97 Å². The lowest BCUT2D eigenvalue weighted by Gasteiger charge is -2.20. The minimum absolute atomic E-state index is 0.283. The van der Waals surface area contributed by atoms with Crippen LogP contribution >= 0.6 is 0 Å². The first-order valence-corrected chi connectivity index (χ1v) is 7.40. The van der Waals surface area contributed by atoms with Gasteiger partial charge in [0.1, 0.15) is 6.54 Å². The molecule has 0 fully saturated rings. The second-order valence-corrected chi connectivity index (χ2v) is 6.44. The van der Waals surface area contributed by atoms with Gasteiger partial charge >= 0.3 is 5.97 Å². The zero-order valence-electron chi connectivity index (χ0n) is 14.3. The van der Waals surface area contributed by atoms with Crippen molar-refractivity contribution in [3.8, 4) is 0 Å². The number of hydrogen-bond acceptors (Lipinski definition) is 4. The molecule has 2 N–H and O–H groups in total. The fraction of sp³-hybridized carbons (Fsp3) is 0.471. The van der Waals surface area contributed by atoms with Crippen LogP contribution in [0.15, 0.2) is 18.2 Å². The number of ether oxygens (including phenoxy) is 1. The molecule has 6 heteroatoms. The summed E-state index contributed by atoms with van der Waals surface area (Å²) in [5.74, 6) is -1.40. The molecule has 1 aromatic carbocycles. The molecule has 0 heterocycles. The number of benzene rings is 1. The molecule has 0 atom stereocenters. The molecule has 0 saturated carbocycles. The largest absolute Gasteiger partial charge is 0.454 e. The summed E-state index contributed by atoms with van der Waals surface area (Å²) in [6, 6.07) is 5.30. The van der Waals surface area contributed by atoms with Crippen LogP contribution in [0, 0.1) is 13.8 Å². The van der Waals surface area contributed by atoms with Crippen LogP contribution in [0.5, 0.6) is 0 Å². The molecule has 0 saturated heterocycles. The Kier molecular flexibility index (Phi) is 6.30. The van der Waals surface area contributed by atoms with Gasteiger partial charge in [-0.05, 0) is 57.9 Å². The maximum absolute atomic E-state index is 11.9. The van der Waals surface area contributed by atoms with Crippen LogP contribution in [0.1, 0.15) is 42.3 Å². The van der Waals surface area contributed by atoms with E-state index in [2.05, 4.69) is 10.6 Å². The number of nitrogens with one attached hydrogen (secondary N) is 2. The molecule has 2 amide bonds. The Morgan fingerprint density at radius 3 is 2.30 bits per heavy atom. The third kappa shape index (κ3) is 6.95. The number of rotatable bonds is 5. The average Bonchev–Trinajstić information content (AvgIpc) is 2.43. The Labute approximate surface area is 136 Å². The van der Waals surface area contributed by atoms with Gasteiger partial charge in [-0.2, -0.15) is 0 Å². The molecular formula is C17H24N2O4. The van der Waals surface area contributed by atoms with Crippen molar-refractivity contribution >= 4 is 17.8 Å². The molecule has 23 heavy (non-hydrogen) atoms. The van der Waals surface area contributed by atoms with Crippen LogP contribution in [-0.2, 0) is 14.3 Å². The summed E-state index contributed by atoms with van der Waals surface area (Å²) in [6.45, 7) is 8.71. The van der Waals surface area contributed by atoms with E-state index in [0.717, 1.165) is 11.1 Å². The lowest BCUT2D eigenvalue weighted by molar-refractivity contribution is -0.147. The summed E-state index contributed by atoms with van der Waals surface area (Å²) in [4.78, 5) is 35.0. The maximum Gasteiger partial charge on any atom is 0.325 e. The summed E-state index contributed by atoms with van der Waals surface area (Å²) in [6.07, 6.45) is 0. The van der Waals surface area contributed by atoms with E-state index in [0.29, 0.717) is 5.56 Å². The van der Waals surface area contributed by atoms with E-state index in [9.17, 15) is 14.4 Å². The van der Waals surface area contributed by atoms with Crippen molar-refractivity contribution in [1.82, 2.24) is 10.6 Å². The number of amides is 2. The predicted octanol–water partition coefficient (Wildman–Crippen LogP) is 1.49. The number of carbonyl (C=O) groups is 3. The van der Waals surface area contributed by atoms with Crippen LogP contribution in [0.4, 0.5) is 0 Å². The fourth-order valence-electron chi connectivity index (χ4n) is 1.79. The fourth-order valence-corrected chi connectivity index (χ4v) is 1.79. The van der Waals surface area contributed by atoms with Crippen LogP contribution in [0.25, 0.3) is 0 Å². The standard InChI is InChI=1S/C17H24N2O4/c1-11-6-7-13(8-12(11)2)16(22)18-9-15(21)23-10-14(20)19-17(3,4)5/h6-8H,9-10H2,1-5H3,(H,18,22)(H,19,20). The van der Waals surface area contributed by atoms with E-state index in [1.54, 1.807) is 12.1 Å². The lowest BCUT2D eigenvalue weighted by Crippen LogP contribution is -2.43. The van der Waals surface area contributed by atoms with Gasteiger partial charge in [0.2, 0.25) is 0 Å². The topological polar surface area (TPSA) is 84.5 Å². The molecule has 0 bridgehead atoms. The summed E-state index contributed by atoms with van der Waals surface area (Å²) in [5, 5.41) is 5.15. The predicted molar refractivity (Wildman–Crippen MR) is 87.1 cm³/mol. The summed E-state index contributed by atoms with van der Waals surface area (Å²) in [5.41, 5.74) is 2.18. The van der Waals surface area contributed by atoms with Crippen LogP contribution in [0.2, 0.25) is 0 Å². The van der Waals surface area contributed by atoms with E-state index in [1.165, 1.54) is 0 Å².